The van der Waals surface area contributed by atoms with Crippen LogP contribution in [-0.2, 0) is 4.79 Å². The van der Waals surface area contributed by atoms with Crippen molar-refractivity contribution in [3.05, 3.63) is 44.7 Å². The van der Waals surface area contributed by atoms with Crippen LogP contribution in [0.25, 0.3) is 11.7 Å². The number of nitrogens with zero attached hydrogens (tertiary/aromatic N) is 4. The van der Waals surface area contributed by atoms with Crippen molar-refractivity contribution >= 4 is 51.7 Å². The van der Waals surface area contributed by atoms with Gasteiger partial charge >= 0.3 is 0 Å². The van der Waals surface area contributed by atoms with Crippen LogP contribution in [0.1, 0.15) is 45.2 Å². The van der Waals surface area contributed by atoms with E-state index in [1.54, 1.807) is 21.6 Å². The van der Waals surface area contributed by atoms with Gasteiger partial charge in [0, 0.05) is 25.3 Å². The van der Waals surface area contributed by atoms with E-state index in [9.17, 15) is 9.59 Å². The van der Waals surface area contributed by atoms with Gasteiger partial charge in [0.25, 0.3) is 11.5 Å². The van der Waals surface area contributed by atoms with E-state index < -0.39 is 0 Å². The van der Waals surface area contributed by atoms with Gasteiger partial charge in [-0.15, -0.1) is 0 Å². The molecule has 8 heteroatoms. The molecule has 0 aliphatic carbocycles. The molecule has 0 saturated carbocycles. The highest BCUT2D eigenvalue weighted by atomic mass is 32.2. The van der Waals surface area contributed by atoms with Crippen LogP contribution >= 0.6 is 24.0 Å². The Hall–Kier alpha value is -2.19. The average molecular weight is 457 g/mol. The van der Waals surface area contributed by atoms with Crippen LogP contribution in [0.3, 0.4) is 0 Å². The number of pyridine rings is 1. The Balaban J connectivity index is 1.92. The van der Waals surface area contributed by atoms with E-state index in [1.807, 2.05) is 32.9 Å². The minimum atomic E-state index is -0.163. The van der Waals surface area contributed by atoms with E-state index in [1.165, 1.54) is 11.8 Å². The van der Waals surface area contributed by atoms with Gasteiger partial charge in [-0.25, -0.2) is 4.98 Å². The summed E-state index contributed by atoms with van der Waals surface area (Å²) < 4.78 is 2.10. The van der Waals surface area contributed by atoms with Gasteiger partial charge in [0.05, 0.1) is 10.5 Å². The summed E-state index contributed by atoms with van der Waals surface area (Å²) in [5.74, 6) is 1.53. The summed E-state index contributed by atoms with van der Waals surface area (Å²) in [7, 11) is 0. The molecule has 164 valence electrons. The molecule has 2 aromatic heterocycles. The molecule has 2 atom stereocenters. The maximum Gasteiger partial charge on any atom is 0.267 e. The molecule has 0 bridgehead atoms. The Labute approximate surface area is 192 Å². The molecular weight excluding hydrogens is 428 g/mol. The number of carbonyl (C=O) groups is 1. The van der Waals surface area contributed by atoms with Gasteiger partial charge < -0.3 is 4.90 Å². The first kappa shape index (κ1) is 22.0. The SMILES string of the molecule is Cc1cccn2c(=O)c(/C=C3\SC(=S)N(C(C)C)C3=O)c(N3C[C@@H](C)C[C@H](C)C3)nc12. The van der Waals surface area contributed by atoms with Crippen molar-refractivity contribution in [3.8, 4) is 0 Å². The summed E-state index contributed by atoms with van der Waals surface area (Å²) in [6, 6.07) is 3.78. The molecule has 0 radical (unpaired) electrons. The molecule has 2 aromatic rings. The lowest BCUT2D eigenvalue weighted by Gasteiger charge is -2.36. The molecule has 0 spiro atoms. The maximum atomic E-state index is 13.6. The number of rotatable bonds is 3. The van der Waals surface area contributed by atoms with Gasteiger partial charge in [-0.3, -0.25) is 18.9 Å². The smallest absolute Gasteiger partial charge is 0.267 e. The molecular formula is C23H28N4O2S2. The zero-order chi connectivity index (χ0) is 22.4. The van der Waals surface area contributed by atoms with Gasteiger partial charge in [-0.1, -0.05) is 43.9 Å². The van der Waals surface area contributed by atoms with Crippen molar-refractivity contribution in [3.63, 3.8) is 0 Å². The summed E-state index contributed by atoms with van der Waals surface area (Å²) in [6.07, 6.45) is 4.59. The number of piperidine rings is 1. The lowest BCUT2D eigenvalue weighted by molar-refractivity contribution is -0.123. The third-order valence-electron chi connectivity index (χ3n) is 5.85. The lowest BCUT2D eigenvalue weighted by Crippen LogP contribution is -2.40. The Morgan fingerprint density at radius 2 is 1.90 bits per heavy atom. The summed E-state index contributed by atoms with van der Waals surface area (Å²) in [6.45, 7) is 12.0. The quantitative estimate of drug-likeness (QED) is 0.512. The fourth-order valence-corrected chi connectivity index (χ4v) is 6.07. The largest absolute Gasteiger partial charge is 0.355 e. The topological polar surface area (TPSA) is 57.9 Å². The molecule has 2 saturated heterocycles. The minimum absolute atomic E-state index is 0.0276. The Morgan fingerprint density at radius 1 is 1.23 bits per heavy atom. The lowest BCUT2D eigenvalue weighted by atomic mass is 9.91. The summed E-state index contributed by atoms with van der Waals surface area (Å²) in [5.41, 5.74) is 1.88. The molecule has 2 aliphatic heterocycles. The number of fused-ring (bicyclic) bond motifs is 1. The molecule has 4 rings (SSSR count). The maximum absolute atomic E-state index is 13.6. The molecule has 2 aliphatic rings. The van der Waals surface area contributed by atoms with Crippen molar-refractivity contribution in [1.82, 2.24) is 14.3 Å². The third kappa shape index (κ3) is 4.03. The first-order valence-corrected chi connectivity index (χ1v) is 11.9. The number of aromatic nitrogens is 2. The standard InChI is InChI=1S/C23H28N4O2S2/c1-13(2)27-22(29)18(31-23(27)30)10-17-20(25-11-14(3)9-15(4)12-25)24-19-16(5)7-6-8-26(19)21(17)28/h6-8,10,13-15H,9,11-12H2,1-5H3/b18-10-/t14-,15-/m0/s1. The molecule has 4 heterocycles. The van der Waals surface area contributed by atoms with E-state index in [-0.39, 0.29) is 17.5 Å². The first-order valence-electron chi connectivity index (χ1n) is 10.7. The van der Waals surface area contributed by atoms with E-state index in [2.05, 4.69) is 18.7 Å². The zero-order valence-corrected chi connectivity index (χ0v) is 20.2. The second-order valence-electron chi connectivity index (χ2n) is 9.04. The number of hydrogen-bond acceptors (Lipinski definition) is 6. The highest BCUT2D eigenvalue weighted by Crippen LogP contribution is 2.35. The Kier molecular flexibility index (Phi) is 5.96. The molecule has 1 amide bonds. The highest BCUT2D eigenvalue weighted by molar-refractivity contribution is 8.26. The number of carbonyl (C=O) groups excluding carboxylic acids is 1. The van der Waals surface area contributed by atoms with Crippen LogP contribution < -0.4 is 10.5 Å². The van der Waals surface area contributed by atoms with Crippen molar-refractivity contribution in [1.29, 1.82) is 0 Å². The predicted molar refractivity (Wildman–Crippen MR) is 132 cm³/mol. The van der Waals surface area contributed by atoms with E-state index in [0.29, 0.717) is 38.1 Å². The van der Waals surface area contributed by atoms with Gasteiger partial charge in [-0.2, -0.15) is 0 Å². The number of thiocarbonyl (C=S) groups is 1. The monoisotopic (exact) mass is 456 g/mol. The van der Waals surface area contributed by atoms with Crippen LogP contribution in [0.4, 0.5) is 5.82 Å². The van der Waals surface area contributed by atoms with Crippen LogP contribution in [0, 0.1) is 18.8 Å². The van der Waals surface area contributed by atoms with E-state index >= 15 is 0 Å². The molecule has 0 aromatic carbocycles. The van der Waals surface area contributed by atoms with Crippen molar-refractivity contribution < 1.29 is 4.79 Å². The van der Waals surface area contributed by atoms with Crippen LogP contribution in [0.5, 0.6) is 0 Å². The normalized spacial score (nSPS) is 23.6. The van der Waals surface area contributed by atoms with Crippen molar-refractivity contribution in [2.45, 2.75) is 47.1 Å². The van der Waals surface area contributed by atoms with E-state index in [0.717, 1.165) is 25.1 Å². The van der Waals surface area contributed by atoms with Gasteiger partial charge in [-0.05, 0) is 56.7 Å². The van der Waals surface area contributed by atoms with Gasteiger partial charge in [0.1, 0.15) is 15.8 Å². The molecule has 2 fully saturated rings. The van der Waals surface area contributed by atoms with E-state index in [4.69, 9.17) is 17.2 Å². The second kappa shape index (κ2) is 8.39. The van der Waals surface area contributed by atoms with Gasteiger partial charge in [0.15, 0.2) is 0 Å². The Morgan fingerprint density at radius 3 is 2.52 bits per heavy atom. The number of hydrogen-bond donors (Lipinski definition) is 0. The minimum Gasteiger partial charge on any atom is -0.355 e. The summed E-state index contributed by atoms with van der Waals surface area (Å²) in [5, 5.41) is 0. The summed E-state index contributed by atoms with van der Waals surface area (Å²) >= 11 is 6.67. The first-order chi connectivity index (χ1) is 14.7. The Bertz CT molecular complexity index is 1140. The average Bonchev–Trinajstić information content (AvgIpc) is 2.97. The number of anilines is 1. The molecule has 6 nitrogen and oxygen atoms in total. The predicted octanol–water partition coefficient (Wildman–Crippen LogP) is 4.09. The number of amides is 1. The second-order valence-corrected chi connectivity index (χ2v) is 10.7. The van der Waals surface area contributed by atoms with Gasteiger partial charge in [0.2, 0.25) is 0 Å². The zero-order valence-electron chi connectivity index (χ0n) is 18.6. The van der Waals surface area contributed by atoms with Crippen LogP contribution in [0.2, 0.25) is 0 Å². The molecule has 31 heavy (non-hydrogen) atoms. The van der Waals surface area contributed by atoms with Crippen LogP contribution in [0.15, 0.2) is 28.0 Å². The highest BCUT2D eigenvalue weighted by Gasteiger charge is 2.35. The van der Waals surface area contributed by atoms with Crippen molar-refractivity contribution in [2.75, 3.05) is 18.0 Å². The number of thioether (sulfide) groups is 1. The van der Waals surface area contributed by atoms with Crippen molar-refractivity contribution in [2.24, 2.45) is 11.8 Å². The van der Waals surface area contributed by atoms with Crippen LogP contribution in [-0.4, -0.2) is 43.6 Å². The summed E-state index contributed by atoms with van der Waals surface area (Å²) in [4.78, 5) is 35.8. The molecule has 0 unspecified atom stereocenters. The fraction of sp³-hybridized carbons (Fsp3) is 0.478. The fourth-order valence-electron chi connectivity index (χ4n) is 4.56. The number of aryl methyl sites for hydroxylation is 1. The molecule has 0 N–H and O–H groups in total. The third-order valence-corrected chi connectivity index (χ3v) is 7.18.